The maximum atomic E-state index is 11.9. The molecular formula is C14H24N4O3. The van der Waals surface area contributed by atoms with Crippen LogP contribution in [0.2, 0.25) is 0 Å². The van der Waals surface area contributed by atoms with Gasteiger partial charge < -0.3 is 19.5 Å². The standard InChI is InChI=1S/C14H24N4O3/c1-3-13-16-12(17-21-13)9-18(2)14(19)15-7-4-5-11-6-8-20-10-11/h11H,3-10H2,1-2H3,(H,15,19)/t11-/m1/s1. The number of aromatic nitrogens is 2. The van der Waals surface area contributed by atoms with Crippen LogP contribution < -0.4 is 5.32 Å². The molecule has 0 saturated carbocycles. The number of carbonyl (C=O) groups excluding carboxylic acids is 1. The van der Waals surface area contributed by atoms with Gasteiger partial charge in [-0.3, -0.25) is 0 Å². The molecular weight excluding hydrogens is 272 g/mol. The molecule has 0 aliphatic carbocycles. The zero-order chi connectivity index (χ0) is 15.1. The molecule has 1 saturated heterocycles. The molecule has 21 heavy (non-hydrogen) atoms. The molecule has 0 unspecified atom stereocenters. The number of rotatable bonds is 7. The Morgan fingerprint density at radius 2 is 2.38 bits per heavy atom. The fourth-order valence-electron chi connectivity index (χ4n) is 2.31. The van der Waals surface area contributed by atoms with Gasteiger partial charge in [0, 0.05) is 33.2 Å². The van der Waals surface area contributed by atoms with Crippen LogP contribution in [0.5, 0.6) is 0 Å². The van der Waals surface area contributed by atoms with Crippen LogP contribution >= 0.6 is 0 Å². The smallest absolute Gasteiger partial charge is 0.317 e. The van der Waals surface area contributed by atoms with Gasteiger partial charge in [-0.2, -0.15) is 4.98 Å². The van der Waals surface area contributed by atoms with E-state index in [1.54, 1.807) is 11.9 Å². The van der Waals surface area contributed by atoms with Crippen LogP contribution in [0.1, 0.15) is 37.9 Å². The van der Waals surface area contributed by atoms with E-state index in [0.29, 0.717) is 37.1 Å². The Morgan fingerprint density at radius 1 is 1.52 bits per heavy atom. The summed E-state index contributed by atoms with van der Waals surface area (Å²) in [6.45, 7) is 4.73. The fraction of sp³-hybridized carbons (Fsp3) is 0.786. The molecule has 0 bridgehead atoms. The minimum atomic E-state index is -0.111. The maximum absolute atomic E-state index is 11.9. The lowest BCUT2D eigenvalue weighted by Gasteiger charge is -2.16. The Labute approximate surface area is 125 Å². The van der Waals surface area contributed by atoms with Crippen molar-refractivity contribution in [2.45, 2.75) is 39.2 Å². The zero-order valence-corrected chi connectivity index (χ0v) is 12.8. The van der Waals surface area contributed by atoms with Crippen molar-refractivity contribution in [3.05, 3.63) is 11.7 Å². The van der Waals surface area contributed by atoms with Crippen LogP contribution in [-0.2, 0) is 17.7 Å². The third-order valence-corrected chi connectivity index (χ3v) is 3.63. The van der Waals surface area contributed by atoms with E-state index in [0.717, 1.165) is 32.5 Å². The van der Waals surface area contributed by atoms with Crippen LogP contribution in [0, 0.1) is 5.92 Å². The molecule has 1 fully saturated rings. The van der Waals surface area contributed by atoms with Crippen molar-refractivity contribution in [1.82, 2.24) is 20.4 Å². The number of hydrogen-bond acceptors (Lipinski definition) is 5. The summed E-state index contributed by atoms with van der Waals surface area (Å²) in [5.41, 5.74) is 0. The third kappa shape index (κ3) is 5.00. The van der Waals surface area contributed by atoms with Gasteiger partial charge >= 0.3 is 6.03 Å². The molecule has 0 spiro atoms. The molecule has 1 aliphatic rings. The fourth-order valence-corrected chi connectivity index (χ4v) is 2.31. The number of nitrogens with zero attached hydrogens (tertiary/aromatic N) is 3. The Hall–Kier alpha value is -1.63. The van der Waals surface area contributed by atoms with E-state index in [9.17, 15) is 4.79 Å². The molecule has 7 heteroatoms. The van der Waals surface area contributed by atoms with Gasteiger partial charge in [0.15, 0.2) is 5.82 Å². The highest BCUT2D eigenvalue weighted by molar-refractivity contribution is 5.73. The SMILES string of the molecule is CCc1nc(CN(C)C(=O)NCCC[C@@H]2CCOC2)no1. The summed E-state index contributed by atoms with van der Waals surface area (Å²) in [7, 11) is 1.72. The van der Waals surface area contributed by atoms with Gasteiger partial charge in [-0.1, -0.05) is 12.1 Å². The van der Waals surface area contributed by atoms with Gasteiger partial charge in [-0.25, -0.2) is 4.79 Å². The number of ether oxygens (including phenoxy) is 1. The number of hydrogen-bond donors (Lipinski definition) is 1. The van der Waals surface area contributed by atoms with Crippen LogP contribution in [0.3, 0.4) is 0 Å². The van der Waals surface area contributed by atoms with Crippen molar-refractivity contribution >= 4 is 6.03 Å². The first-order valence-electron chi connectivity index (χ1n) is 7.57. The minimum Gasteiger partial charge on any atom is -0.381 e. The average molecular weight is 296 g/mol. The Balaban J connectivity index is 1.62. The molecule has 1 atom stereocenters. The van der Waals surface area contributed by atoms with E-state index >= 15 is 0 Å². The largest absolute Gasteiger partial charge is 0.381 e. The zero-order valence-electron chi connectivity index (χ0n) is 12.8. The van der Waals surface area contributed by atoms with Crippen molar-refractivity contribution < 1.29 is 14.1 Å². The second-order valence-corrected chi connectivity index (χ2v) is 5.42. The van der Waals surface area contributed by atoms with E-state index in [1.165, 1.54) is 0 Å². The van der Waals surface area contributed by atoms with E-state index in [-0.39, 0.29) is 6.03 Å². The van der Waals surface area contributed by atoms with Crippen LogP contribution in [0.15, 0.2) is 4.52 Å². The first kappa shape index (κ1) is 15.8. The number of urea groups is 1. The number of carbonyl (C=O) groups is 1. The summed E-state index contributed by atoms with van der Waals surface area (Å²) in [4.78, 5) is 17.7. The van der Waals surface area contributed by atoms with Crippen LogP contribution in [-0.4, -0.2) is 47.9 Å². The highest BCUT2D eigenvalue weighted by atomic mass is 16.5. The molecule has 1 aromatic heterocycles. The van der Waals surface area contributed by atoms with E-state index in [2.05, 4.69) is 15.5 Å². The summed E-state index contributed by atoms with van der Waals surface area (Å²) in [6, 6.07) is -0.111. The summed E-state index contributed by atoms with van der Waals surface area (Å²) in [5, 5.41) is 6.74. The summed E-state index contributed by atoms with van der Waals surface area (Å²) in [5.74, 6) is 1.79. The van der Waals surface area contributed by atoms with E-state index < -0.39 is 0 Å². The molecule has 1 aromatic rings. The topological polar surface area (TPSA) is 80.5 Å². The van der Waals surface area contributed by atoms with Gasteiger partial charge in [-0.05, 0) is 25.2 Å². The molecule has 2 rings (SSSR count). The molecule has 2 heterocycles. The number of amides is 2. The Kier molecular flexibility index (Phi) is 5.98. The van der Waals surface area contributed by atoms with E-state index in [1.807, 2.05) is 6.92 Å². The monoisotopic (exact) mass is 296 g/mol. The molecule has 1 N–H and O–H groups in total. The Morgan fingerprint density at radius 3 is 3.05 bits per heavy atom. The molecule has 0 aromatic carbocycles. The molecule has 7 nitrogen and oxygen atoms in total. The molecule has 0 radical (unpaired) electrons. The van der Waals surface area contributed by atoms with Crippen molar-refractivity contribution in [1.29, 1.82) is 0 Å². The second-order valence-electron chi connectivity index (χ2n) is 5.42. The number of nitrogens with one attached hydrogen (secondary N) is 1. The molecule has 2 amide bonds. The van der Waals surface area contributed by atoms with Crippen molar-refractivity contribution in [3.8, 4) is 0 Å². The minimum absolute atomic E-state index is 0.111. The number of aryl methyl sites for hydroxylation is 1. The van der Waals surface area contributed by atoms with Gasteiger partial charge in [-0.15, -0.1) is 0 Å². The van der Waals surface area contributed by atoms with Gasteiger partial charge in [0.1, 0.15) is 0 Å². The predicted molar refractivity (Wildman–Crippen MR) is 76.7 cm³/mol. The van der Waals surface area contributed by atoms with Crippen molar-refractivity contribution in [2.24, 2.45) is 5.92 Å². The molecule has 1 aliphatic heterocycles. The summed E-state index contributed by atoms with van der Waals surface area (Å²) in [6.07, 6.45) is 3.93. The highest BCUT2D eigenvalue weighted by Gasteiger charge is 2.16. The normalized spacial score (nSPS) is 17.9. The van der Waals surface area contributed by atoms with Gasteiger partial charge in [0.2, 0.25) is 5.89 Å². The highest BCUT2D eigenvalue weighted by Crippen LogP contribution is 2.17. The van der Waals surface area contributed by atoms with Gasteiger partial charge in [0.05, 0.1) is 6.54 Å². The molecule has 118 valence electrons. The lowest BCUT2D eigenvalue weighted by Crippen LogP contribution is -2.37. The third-order valence-electron chi connectivity index (χ3n) is 3.63. The first-order valence-corrected chi connectivity index (χ1v) is 7.57. The van der Waals surface area contributed by atoms with E-state index in [4.69, 9.17) is 9.26 Å². The first-order chi connectivity index (χ1) is 10.2. The predicted octanol–water partition coefficient (Wildman–Crippen LogP) is 1.59. The van der Waals surface area contributed by atoms with Crippen LogP contribution in [0.4, 0.5) is 4.79 Å². The maximum Gasteiger partial charge on any atom is 0.317 e. The average Bonchev–Trinajstić information content (AvgIpc) is 3.14. The second kappa shape index (κ2) is 7.97. The lowest BCUT2D eigenvalue weighted by atomic mass is 10.0. The van der Waals surface area contributed by atoms with Crippen molar-refractivity contribution in [3.63, 3.8) is 0 Å². The summed E-state index contributed by atoms with van der Waals surface area (Å²) >= 11 is 0. The quantitative estimate of drug-likeness (QED) is 0.773. The van der Waals surface area contributed by atoms with Crippen molar-refractivity contribution in [2.75, 3.05) is 26.8 Å². The van der Waals surface area contributed by atoms with Crippen LogP contribution in [0.25, 0.3) is 0 Å². The lowest BCUT2D eigenvalue weighted by molar-refractivity contribution is 0.183. The Bertz CT molecular complexity index is 443. The van der Waals surface area contributed by atoms with Gasteiger partial charge in [0.25, 0.3) is 0 Å². The summed E-state index contributed by atoms with van der Waals surface area (Å²) < 4.78 is 10.4.